The number of allylic oxidation sites excluding steroid dienone is 1. The van der Waals surface area contributed by atoms with Gasteiger partial charge < -0.3 is 10.3 Å². The van der Waals surface area contributed by atoms with Gasteiger partial charge >= 0.3 is 5.66 Å². The third kappa shape index (κ3) is 2.03. The average Bonchev–Trinajstić information content (AvgIpc) is 2.71. The zero-order valence-corrected chi connectivity index (χ0v) is 13.0. The lowest BCUT2D eigenvalue weighted by molar-refractivity contribution is -0.565. The molecule has 3 rings (SSSR count). The van der Waals surface area contributed by atoms with Crippen molar-refractivity contribution < 1.29 is 4.76 Å². The van der Waals surface area contributed by atoms with Crippen LogP contribution in [0.5, 0.6) is 0 Å². The summed E-state index contributed by atoms with van der Waals surface area (Å²) in [6.45, 7) is 3.30. The van der Waals surface area contributed by atoms with Crippen molar-refractivity contribution >= 4 is 17.3 Å². The summed E-state index contributed by atoms with van der Waals surface area (Å²) < 4.78 is 0.786. The summed E-state index contributed by atoms with van der Waals surface area (Å²) >= 11 is 5.89. The van der Waals surface area contributed by atoms with E-state index in [-0.39, 0.29) is 0 Å². The van der Waals surface area contributed by atoms with Gasteiger partial charge in [-0.25, -0.2) is 0 Å². The van der Waals surface area contributed by atoms with Gasteiger partial charge in [-0.3, -0.25) is 0 Å². The minimum atomic E-state index is -1.31. The maximum absolute atomic E-state index is 12.9. The van der Waals surface area contributed by atoms with Crippen LogP contribution in [0.25, 0.3) is 5.70 Å². The highest BCUT2D eigenvalue weighted by Gasteiger charge is 2.54. The van der Waals surface area contributed by atoms with Crippen molar-refractivity contribution in [1.29, 1.82) is 0 Å². The molecule has 22 heavy (non-hydrogen) atoms. The van der Waals surface area contributed by atoms with Gasteiger partial charge in [0.1, 0.15) is 0 Å². The lowest BCUT2D eigenvalue weighted by Gasteiger charge is -2.35. The molecule has 0 saturated heterocycles. The normalized spacial score (nSPS) is 21.6. The zero-order valence-electron chi connectivity index (χ0n) is 12.3. The van der Waals surface area contributed by atoms with E-state index in [0.717, 1.165) is 9.82 Å². The first-order chi connectivity index (χ1) is 10.5. The molecule has 0 fully saturated rings. The molecule has 4 nitrogen and oxygen atoms in total. The average molecular weight is 315 g/mol. The number of benzene rings is 2. The molecule has 1 aliphatic rings. The van der Waals surface area contributed by atoms with Crippen molar-refractivity contribution in [2.75, 3.05) is 0 Å². The van der Waals surface area contributed by atoms with Gasteiger partial charge in [-0.15, -0.1) is 0 Å². The fourth-order valence-corrected chi connectivity index (χ4v) is 2.92. The Labute approximate surface area is 133 Å². The summed E-state index contributed by atoms with van der Waals surface area (Å²) in [7, 11) is 0. The third-order valence-electron chi connectivity index (χ3n) is 4.08. The van der Waals surface area contributed by atoms with Gasteiger partial charge in [0.05, 0.1) is 16.0 Å². The minimum Gasteiger partial charge on any atom is -0.753 e. The van der Waals surface area contributed by atoms with Gasteiger partial charge in [0.25, 0.3) is 5.70 Å². The van der Waals surface area contributed by atoms with Gasteiger partial charge in [-0.05, 0) is 43.3 Å². The summed E-state index contributed by atoms with van der Waals surface area (Å²) in [6.07, 6.45) is 0. The van der Waals surface area contributed by atoms with Crippen molar-refractivity contribution in [3.63, 3.8) is 0 Å². The molecule has 0 N–H and O–H groups in total. The van der Waals surface area contributed by atoms with E-state index in [2.05, 4.69) is 0 Å². The molecule has 0 aliphatic carbocycles. The second kappa shape index (κ2) is 5.23. The predicted octanol–water partition coefficient (Wildman–Crippen LogP) is 4.49. The fraction of sp³-hybridized carbons (Fsp3) is 0.176. The Balaban J connectivity index is 2.11. The SMILES string of the molecule is CC1=C(c2ccc(Cl)cc2)[N+](=O)[C@@](C)(c2ccccc2)N1[O-]. The number of nitroso groups, excluding NO2 is 1. The highest BCUT2D eigenvalue weighted by atomic mass is 35.5. The predicted molar refractivity (Wildman–Crippen MR) is 86.7 cm³/mol. The molecule has 0 unspecified atom stereocenters. The number of halogens is 1. The van der Waals surface area contributed by atoms with Crippen molar-refractivity contribution in [2.45, 2.75) is 19.5 Å². The van der Waals surface area contributed by atoms with E-state index in [9.17, 15) is 10.1 Å². The lowest BCUT2D eigenvalue weighted by atomic mass is 10.0. The quantitative estimate of drug-likeness (QED) is 0.767. The monoisotopic (exact) mass is 314 g/mol. The Morgan fingerprint density at radius 2 is 1.68 bits per heavy atom. The van der Waals surface area contributed by atoms with Crippen LogP contribution in [0.4, 0.5) is 0 Å². The molecule has 1 aliphatic heterocycles. The standard InChI is InChI=1S/C17H15ClN2O2/c1-12-16(13-8-10-15(18)11-9-13)20(22)17(2,19(12)21)14-6-4-3-5-7-14/h3-11H,1-2H3/t17-/m0/s1. The second-order valence-electron chi connectivity index (χ2n) is 5.42. The largest absolute Gasteiger partial charge is 0.753 e. The molecule has 1 atom stereocenters. The van der Waals surface area contributed by atoms with Crippen LogP contribution >= 0.6 is 11.6 Å². The molecular formula is C17H15ClN2O2. The summed E-state index contributed by atoms with van der Waals surface area (Å²) in [4.78, 5) is 12.9. The fourth-order valence-electron chi connectivity index (χ4n) is 2.79. The molecule has 0 saturated carbocycles. The molecule has 2 aromatic carbocycles. The van der Waals surface area contributed by atoms with Gasteiger partial charge in [0, 0.05) is 22.4 Å². The third-order valence-corrected chi connectivity index (χ3v) is 4.33. The molecule has 112 valence electrons. The molecule has 1 heterocycles. The first-order valence-electron chi connectivity index (χ1n) is 6.93. The molecule has 0 radical (unpaired) electrons. The second-order valence-corrected chi connectivity index (χ2v) is 5.85. The first-order valence-corrected chi connectivity index (χ1v) is 7.31. The number of hydroxylamine groups is 2. The van der Waals surface area contributed by atoms with Gasteiger partial charge in [0.15, 0.2) is 0 Å². The highest BCUT2D eigenvalue weighted by Crippen LogP contribution is 2.43. The van der Waals surface area contributed by atoms with Crippen LogP contribution in [0, 0.1) is 10.1 Å². The van der Waals surface area contributed by atoms with E-state index in [0.29, 0.717) is 27.5 Å². The van der Waals surface area contributed by atoms with Crippen molar-refractivity contribution in [3.05, 3.63) is 86.6 Å². The van der Waals surface area contributed by atoms with E-state index in [1.165, 1.54) is 0 Å². The van der Waals surface area contributed by atoms with E-state index < -0.39 is 5.66 Å². The lowest BCUT2D eigenvalue weighted by Crippen LogP contribution is -2.41. The van der Waals surface area contributed by atoms with Crippen LogP contribution < -0.4 is 0 Å². The van der Waals surface area contributed by atoms with Crippen LogP contribution in [0.1, 0.15) is 25.0 Å². The number of nitrogens with zero attached hydrogens (tertiary/aromatic N) is 2. The smallest absolute Gasteiger partial charge is 0.306 e. The number of hydrogen-bond acceptors (Lipinski definition) is 3. The topological polar surface area (TPSA) is 46.4 Å². The molecular weight excluding hydrogens is 300 g/mol. The molecule has 0 amide bonds. The number of rotatable bonds is 2. The van der Waals surface area contributed by atoms with E-state index >= 15 is 0 Å². The van der Waals surface area contributed by atoms with Crippen molar-refractivity contribution in [2.24, 2.45) is 0 Å². The van der Waals surface area contributed by atoms with E-state index in [4.69, 9.17) is 11.6 Å². The van der Waals surface area contributed by atoms with E-state index in [1.807, 2.05) is 18.2 Å². The first kappa shape index (κ1) is 14.8. The minimum absolute atomic E-state index is 0.373. The Morgan fingerprint density at radius 1 is 1.09 bits per heavy atom. The van der Waals surface area contributed by atoms with Crippen LogP contribution in [0.15, 0.2) is 60.3 Å². The summed E-state index contributed by atoms with van der Waals surface area (Å²) in [6, 6.07) is 16.0. The Bertz CT molecular complexity index is 756. The maximum atomic E-state index is 12.9. The number of hydrogen-bond donors (Lipinski definition) is 0. The Hall–Kier alpha value is -2.17. The zero-order chi connectivity index (χ0) is 15.9. The van der Waals surface area contributed by atoms with Gasteiger partial charge in [0.2, 0.25) is 0 Å². The van der Waals surface area contributed by atoms with Gasteiger partial charge in [-0.1, -0.05) is 29.8 Å². The molecule has 0 bridgehead atoms. The van der Waals surface area contributed by atoms with Crippen LogP contribution in [-0.4, -0.2) is 9.82 Å². The molecule has 5 heteroatoms. The highest BCUT2D eigenvalue weighted by molar-refractivity contribution is 6.30. The maximum Gasteiger partial charge on any atom is 0.306 e. The molecule has 0 aromatic heterocycles. The molecule has 0 spiro atoms. The summed E-state index contributed by atoms with van der Waals surface area (Å²) in [5.41, 5.74) is 0.794. The summed E-state index contributed by atoms with van der Waals surface area (Å²) in [5, 5.41) is 14.0. The van der Waals surface area contributed by atoms with Crippen LogP contribution in [-0.2, 0) is 5.66 Å². The van der Waals surface area contributed by atoms with Crippen molar-refractivity contribution in [1.82, 2.24) is 5.06 Å². The van der Waals surface area contributed by atoms with E-state index in [1.54, 1.807) is 50.2 Å². The van der Waals surface area contributed by atoms with Crippen LogP contribution in [0.2, 0.25) is 5.02 Å². The Kier molecular flexibility index (Phi) is 3.51. The van der Waals surface area contributed by atoms with Crippen molar-refractivity contribution in [3.8, 4) is 0 Å². The summed E-state index contributed by atoms with van der Waals surface area (Å²) in [5.74, 6) is 0. The van der Waals surface area contributed by atoms with Gasteiger partial charge in [-0.2, -0.15) is 0 Å². The molecule has 2 aromatic rings. The Morgan fingerprint density at radius 3 is 2.27 bits per heavy atom. The van der Waals surface area contributed by atoms with Crippen LogP contribution in [0.3, 0.4) is 0 Å².